The van der Waals surface area contributed by atoms with E-state index in [1.165, 1.54) is 12.8 Å². The molecule has 2 N–H and O–H groups in total. The van der Waals surface area contributed by atoms with E-state index in [1.807, 2.05) is 19.1 Å². The first-order chi connectivity index (χ1) is 8.15. The predicted octanol–water partition coefficient (Wildman–Crippen LogP) is 4.04. The Bertz CT molecular complexity index is 328. The van der Waals surface area contributed by atoms with Gasteiger partial charge in [0.05, 0.1) is 6.10 Å². The Morgan fingerprint density at radius 3 is 2.71 bits per heavy atom. The monoisotopic (exact) mass is 299 g/mol. The summed E-state index contributed by atoms with van der Waals surface area (Å²) >= 11 is 3.48. The van der Waals surface area contributed by atoms with Crippen molar-refractivity contribution in [1.82, 2.24) is 0 Å². The van der Waals surface area contributed by atoms with Crippen molar-refractivity contribution in [2.45, 2.75) is 45.3 Å². The topological polar surface area (TPSA) is 35.2 Å². The minimum absolute atomic E-state index is 0.00549. The number of nitrogens with two attached hydrogens (primary N) is 1. The lowest BCUT2D eigenvalue weighted by Crippen LogP contribution is -2.27. The van der Waals surface area contributed by atoms with Crippen LogP contribution in [0.4, 0.5) is 0 Å². The first-order valence-corrected chi connectivity index (χ1v) is 7.07. The molecular weight excluding hydrogens is 278 g/mol. The molecule has 3 heteroatoms. The van der Waals surface area contributed by atoms with E-state index in [-0.39, 0.29) is 12.1 Å². The molecule has 0 aromatic heterocycles. The molecule has 1 rings (SSSR count). The minimum atomic E-state index is -0.00986. The third-order valence-corrected chi connectivity index (χ3v) is 3.19. The number of hydrogen-bond acceptors (Lipinski definition) is 2. The van der Waals surface area contributed by atoms with Gasteiger partial charge in [-0.25, -0.2) is 0 Å². The Balaban J connectivity index is 2.59. The Morgan fingerprint density at radius 1 is 1.35 bits per heavy atom. The quantitative estimate of drug-likeness (QED) is 0.771. The van der Waals surface area contributed by atoms with Crippen LogP contribution in [0.2, 0.25) is 0 Å². The average molecular weight is 300 g/mol. The van der Waals surface area contributed by atoms with Gasteiger partial charge in [0.1, 0.15) is 0 Å². The van der Waals surface area contributed by atoms with Crippen molar-refractivity contribution in [3.05, 3.63) is 34.3 Å². The van der Waals surface area contributed by atoms with Crippen LogP contribution in [0.1, 0.15) is 44.8 Å². The van der Waals surface area contributed by atoms with Crippen molar-refractivity contribution in [2.75, 3.05) is 6.61 Å². The molecule has 1 aromatic carbocycles. The summed E-state index contributed by atoms with van der Waals surface area (Å²) in [6, 6.07) is 8.18. The summed E-state index contributed by atoms with van der Waals surface area (Å²) in [4.78, 5) is 0. The third kappa shape index (κ3) is 5.19. The van der Waals surface area contributed by atoms with Crippen molar-refractivity contribution in [2.24, 2.45) is 5.73 Å². The smallest absolute Gasteiger partial charge is 0.0973 e. The SMILES string of the molecule is CCCCCOC(c1cccc(Br)c1)C(C)N. The number of benzene rings is 1. The largest absolute Gasteiger partial charge is 0.372 e. The fourth-order valence-corrected chi connectivity index (χ4v) is 2.21. The Morgan fingerprint density at radius 2 is 2.12 bits per heavy atom. The van der Waals surface area contributed by atoms with Gasteiger partial charge >= 0.3 is 0 Å². The van der Waals surface area contributed by atoms with E-state index in [1.54, 1.807) is 0 Å². The average Bonchev–Trinajstić information content (AvgIpc) is 2.28. The van der Waals surface area contributed by atoms with Gasteiger partial charge in [0.15, 0.2) is 0 Å². The molecule has 17 heavy (non-hydrogen) atoms. The van der Waals surface area contributed by atoms with Crippen molar-refractivity contribution < 1.29 is 4.74 Å². The zero-order valence-corrected chi connectivity index (χ0v) is 12.2. The van der Waals surface area contributed by atoms with Gasteiger partial charge in [-0.1, -0.05) is 47.8 Å². The summed E-state index contributed by atoms with van der Waals surface area (Å²) in [5, 5.41) is 0. The van der Waals surface area contributed by atoms with E-state index in [9.17, 15) is 0 Å². The molecular formula is C14H22BrNO. The van der Waals surface area contributed by atoms with E-state index in [0.717, 1.165) is 23.1 Å². The van der Waals surface area contributed by atoms with Crippen LogP contribution >= 0.6 is 15.9 Å². The van der Waals surface area contributed by atoms with E-state index < -0.39 is 0 Å². The summed E-state index contributed by atoms with van der Waals surface area (Å²) in [6.07, 6.45) is 3.52. The standard InChI is InChI=1S/C14H22BrNO/c1-3-4-5-9-17-14(11(2)16)12-7-6-8-13(15)10-12/h6-8,10-11,14H,3-5,9,16H2,1-2H3. The Hall–Kier alpha value is -0.380. The molecule has 2 nitrogen and oxygen atoms in total. The summed E-state index contributed by atoms with van der Waals surface area (Å²) in [7, 11) is 0. The van der Waals surface area contributed by atoms with Gasteiger partial charge in [0.25, 0.3) is 0 Å². The Kier molecular flexibility index (Phi) is 6.78. The summed E-state index contributed by atoms with van der Waals surface area (Å²) in [5.74, 6) is 0. The third-order valence-electron chi connectivity index (χ3n) is 2.70. The van der Waals surface area contributed by atoms with Crippen LogP contribution in [0.3, 0.4) is 0 Å². The molecule has 0 aliphatic carbocycles. The summed E-state index contributed by atoms with van der Waals surface area (Å²) < 4.78 is 6.97. The molecule has 96 valence electrons. The van der Waals surface area contributed by atoms with Gasteiger partial charge in [-0.05, 0) is 31.0 Å². The van der Waals surface area contributed by atoms with Crippen molar-refractivity contribution in [3.8, 4) is 0 Å². The van der Waals surface area contributed by atoms with Crippen LogP contribution in [0, 0.1) is 0 Å². The van der Waals surface area contributed by atoms with Crippen LogP contribution < -0.4 is 5.73 Å². The molecule has 0 saturated heterocycles. The molecule has 2 unspecified atom stereocenters. The Labute approximate surface area is 113 Å². The number of halogens is 1. The molecule has 0 bridgehead atoms. The first-order valence-electron chi connectivity index (χ1n) is 6.27. The fraction of sp³-hybridized carbons (Fsp3) is 0.571. The van der Waals surface area contributed by atoms with Crippen molar-refractivity contribution >= 4 is 15.9 Å². The van der Waals surface area contributed by atoms with Crippen molar-refractivity contribution in [1.29, 1.82) is 0 Å². The molecule has 0 spiro atoms. The molecule has 0 radical (unpaired) electrons. The van der Waals surface area contributed by atoms with Crippen LogP contribution in [-0.2, 0) is 4.74 Å². The number of unbranched alkanes of at least 4 members (excludes halogenated alkanes) is 2. The number of rotatable bonds is 7. The maximum atomic E-state index is 5.99. The summed E-state index contributed by atoms with van der Waals surface area (Å²) in [6.45, 7) is 4.97. The molecule has 0 saturated carbocycles. The lowest BCUT2D eigenvalue weighted by atomic mass is 10.0. The molecule has 2 atom stereocenters. The van der Waals surface area contributed by atoms with E-state index >= 15 is 0 Å². The second-order valence-electron chi connectivity index (χ2n) is 4.41. The van der Waals surface area contributed by atoms with Crippen LogP contribution in [-0.4, -0.2) is 12.6 Å². The first kappa shape index (κ1) is 14.7. The molecule has 0 fully saturated rings. The minimum Gasteiger partial charge on any atom is -0.372 e. The molecule has 0 amide bonds. The second-order valence-corrected chi connectivity index (χ2v) is 5.33. The maximum absolute atomic E-state index is 5.99. The maximum Gasteiger partial charge on any atom is 0.0973 e. The normalized spacial score (nSPS) is 14.6. The number of ether oxygens (including phenoxy) is 1. The highest BCUT2D eigenvalue weighted by molar-refractivity contribution is 9.10. The van der Waals surface area contributed by atoms with E-state index in [4.69, 9.17) is 10.5 Å². The predicted molar refractivity (Wildman–Crippen MR) is 76.0 cm³/mol. The lowest BCUT2D eigenvalue weighted by molar-refractivity contribution is 0.0360. The number of hydrogen-bond donors (Lipinski definition) is 1. The molecule has 0 heterocycles. The van der Waals surface area contributed by atoms with Gasteiger partial charge in [-0.3, -0.25) is 0 Å². The van der Waals surface area contributed by atoms with Gasteiger partial charge in [-0.15, -0.1) is 0 Å². The lowest BCUT2D eigenvalue weighted by Gasteiger charge is -2.22. The van der Waals surface area contributed by atoms with Gasteiger partial charge in [0.2, 0.25) is 0 Å². The van der Waals surface area contributed by atoms with Crippen LogP contribution in [0.15, 0.2) is 28.7 Å². The highest BCUT2D eigenvalue weighted by atomic mass is 79.9. The van der Waals surface area contributed by atoms with Crippen LogP contribution in [0.5, 0.6) is 0 Å². The summed E-state index contributed by atoms with van der Waals surface area (Å²) in [5.41, 5.74) is 7.14. The van der Waals surface area contributed by atoms with Crippen molar-refractivity contribution in [3.63, 3.8) is 0 Å². The van der Waals surface area contributed by atoms with Gasteiger partial charge in [0, 0.05) is 17.1 Å². The van der Waals surface area contributed by atoms with Crippen LogP contribution in [0.25, 0.3) is 0 Å². The van der Waals surface area contributed by atoms with E-state index in [0.29, 0.717) is 0 Å². The van der Waals surface area contributed by atoms with Gasteiger partial charge < -0.3 is 10.5 Å². The zero-order valence-electron chi connectivity index (χ0n) is 10.7. The highest BCUT2D eigenvalue weighted by Gasteiger charge is 2.16. The second kappa shape index (κ2) is 7.85. The molecule has 0 aliphatic rings. The van der Waals surface area contributed by atoms with E-state index in [2.05, 4.69) is 35.0 Å². The molecule has 1 aromatic rings. The molecule has 0 aliphatic heterocycles. The highest BCUT2D eigenvalue weighted by Crippen LogP contribution is 2.23. The fourth-order valence-electron chi connectivity index (χ4n) is 1.80. The van der Waals surface area contributed by atoms with Gasteiger partial charge in [-0.2, -0.15) is 0 Å². The zero-order chi connectivity index (χ0) is 12.7.